The number of ether oxygens (including phenoxy) is 1. The molecule has 3 aliphatic rings. The molecule has 1 saturated heterocycles. The fourth-order valence-electron chi connectivity index (χ4n) is 5.55. The van der Waals surface area contributed by atoms with Gasteiger partial charge in [-0.15, -0.1) is 0 Å². The Hall–Kier alpha value is -2.97. The Kier molecular flexibility index (Phi) is 6.04. The molecular formula is C26H23F4NO3. The minimum atomic E-state index is -2.71. The van der Waals surface area contributed by atoms with Crippen molar-refractivity contribution >= 4 is 17.6 Å². The maximum Gasteiger partial charge on any atom is 0.328 e. The number of hydrogen-bond acceptors (Lipinski definition) is 3. The van der Waals surface area contributed by atoms with Crippen LogP contribution >= 0.6 is 0 Å². The third kappa shape index (κ3) is 3.95. The van der Waals surface area contributed by atoms with Crippen molar-refractivity contribution in [3.8, 4) is 0 Å². The Balaban J connectivity index is 1.68. The first-order valence-corrected chi connectivity index (χ1v) is 11.2. The van der Waals surface area contributed by atoms with E-state index in [1.54, 1.807) is 4.90 Å². The molecule has 0 amide bonds. The second kappa shape index (κ2) is 9.00. The van der Waals surface area contributed by atoms with Crippen LogP contribution < -0.4 is 0 Å². The highest BCUT2D eigenvalue weighted by Crippen LogP contribution is 2.51. The van der Waals surface area contributed by atoms with Crippen LogP contribution in [-0.2, 0) is 16.0 Å². The van der Waals surface area contributed by atoms with Gasteiger partial charge in [0, 0.05) is 24.3 Å². The van der Waals surface area contributed by atoms with Crippen molar-refractivity contribution < 1.29 is 32.2 Å². The van der Waals surface area contributed by atoms with Gasteiger partial charge in [-0.05, 0) is 65.3 Å². The number of fused-ring (bicyclic) bond motifs is 2. The molecule has 1 fully saturated rings. The van der Waals surface area contributed by atoms with Crippen LogP contribution in [0.25, 0.3) is 11.6 Å². The van der Waals surface area contributed by atoms with E-state index in [9.17, 15) is 13.6 Å². The summed E-state index contributed by atoms with van der Waals surface area (Å²) in [6, 6.07) is 6.96. The largest absolute Gasteiger partial charge is 0.478 e. The van der Waals surface area contributed by atoms with E-state index >= 15 is 8.78 Å². The van der Waals surface area contributed by atoms with E-state index in [1.165, 1.54) is 0 Å². The lowest BCUT2D eigenvalue weighted by Gasteiger charge is -2.46. The summed E-state index contributed by atoms with van der Waals surface area (Å²) in [5.74, 6) is -3.03. The Morgan fingerprint density at radius 3 is 2.56 bits per heavy atom. The molecule has 8 heteroatoms. The van der Waals surface area contributed by atoms with E-state index in [0.717, 1.165) is 46.6 Å². The van der Waals surface area contributed by atoms with Gasteiger partial charge < -0.3 is 9.84 Å². The second-order valence-corrected chi connectivity index (χ2v) is 8.88. The molecule has 34 heavy (non-hydrogen) atoms. The Bertz CT molecular complexity index is 1160. The first-order valence-electron chi connectivity index (χ1n) is 11.2. The van der Waals surface area contributed by atoms with Crippen LogP contribution in [0, 0.1) is 11.6 Å². The van der Waals surface area contributed by atoms with Crippen LogP contribution in [0.1, 0.15) is 41.1 Å². The SMILES string of the molecule is O=C(O)/C=C/c1cc(F)c(C2C3=C(C[C@@H](C(F)F)N2C2CCOC2)c2ccccc2C3)c(F)c1. The maximum absolute atomic E-state index is 15.5. The van der Waals surface area contributed by atoms with Crippen molar-refractivity contribution in [1.29, 1.82) is 0 Å². The molecule has 4 nitrogen and oxygen atoms in total. The molecule has 0 spiro atoms. The van der Waals surface area contributed by atoms with Crippen LogP contribution in [0.4, 0.5) is 17.6 Å². The smallest absolute Gasteiger partial charge is 0.328 e. The monoisotopic (exact) mass is 473 g/mol. The predicted molar refractivity (Wildman–Crippen MR) is 118 cm³/mol. The van der Waals surface area contributed by atoms with Gasteiger partial charge in [0.1, 0.15) is 11.6 Å². The zero-order valence-corrected chi connectivity index (χ0v) is 18.2. The normalized spacial score (nSPS) is 24.8. The minimum absolute atomic E-state index is 0.0435. The summed E-state index contributed by atoms with van der Waals surface area (Å²) in [7, 11) is 0. The predicted octanol–water partition coefficient (Wildman–Crippen LogP) is 5.24. The number of carboxylic acids is 1. The highest BCUT2D eigenvalue weighted by atomic mass is 19.3. The molecule has 0 aromatic heterocycles. The third-order valence-corrected chi connectivity index (χ3v) is 6.95. The lowest BCUT2D eigenvalue weighted by Crippen LogP contribution is -2.52. The number of aliphatic carboxylic acids is 1. The van der Waals surface area contributed by atoms with Crippen LogP contribution in [0.15, 0.2) is 48.0 Å². The number of nitrogens with zero attached hydrogens (tertiary/aromatic N) is 1. The number of halogens is 4. The molecule has 0 bridgehead atoms. The highest BCUT2D eigenvalue weighted by Gasteiger charge is 2.48. The Morgan fingerprint density at radius 2 is 1.91 bits per heavy atom. The van der Waals surface area contributed by atoms with Crippen LogP contribution in [0.2, 0.25) is 0 Å². The number of alkyl halides is 2. The van der Waals surface area contributed by atoms with Gasteiger partial charge in [-0.3, -0.25) is 4.90 Å². The van der Waals surface area contributed by atoms with Crippen LogP contribution in [-0.4, -0.2) is 47.7 Å². The molecule has 2 aromatic carbocycles. The molecule has 2 unspecified atom stereocenters. The molecule has 1 aliphatic carbocycles. The lowest BCUT2D eigenvalue weighted by atomic mass is 9.82. The van der Waals surface area contributed by atoms with Gasteiger partial charge in [-0.25, -0.2) is 22.4 Å². The van der Waals surface area contributed by atoms with E-state index in [1.807, 2.05) is 24.3 Å². The average Bonchev–Trinajstić information content (AvgIpc) is 3.44. The molecular weight excluding hydrogens is 450 g/mol. The van der Waals surface area contributed by atoms with Gasteiger partial charge in [0.05, 0.1) is 18.7 Å². The molecule has 0 radical (unpaired) electrons. The molecule has 2 heterocycles. The molecule has 3 atom stereocenters. The van der Waals surface area contributed by atoms with Gasteiger partial charge in [0.25, 0.3) is 6.43 Å². The van der Waals surface area contributed by atoms with E-state index in [4.69, 9.17) is 9.84 Å². The number of carbonyl (C=O) groups is 1. The summed E-state index contributed by atoms with van der Waals surface area (Å²) in [6.45, 7) is 0.623. The molecule has 5 rings (SSSR count). The van der Waals surface area contributed by atoms with E-state index < -0.39 is 42.2 Å². The quantitative estimate of drug-likeness (QED) is 0.477. The van der Waals surface area contributed by atoms with Crippen molar-refractivity contribution in [2.24, 2.45) is 0 Å². The van der Waals surface area contributed by atoms with E-state index in [-0.39, 0.29) is 24.2 Å². The van der Waals surface area contributed by atoms with Crippen molar-refractivity contribution in [1.82, 2.24) is 4.90 Å². The van der Waals surface area contributed by atoms with Gasteiger partial charge in [-0.1, -0.05) is 24.3 Å². The minimum Gasteiger partial charge on any atom is -0.478 e. The van der Waals surface area contributed by atoms with Crippen molar-refractivity contribution in [2.45, 2.75) is 43.8 Å². The average molecular weight is 473 g/mol. The van der Waals surface area contributed by atoms with Crippen molar-refractivity contribution in [3.05, 3.63) is 81.9 Å². The number of rotatable bonds is 5. The lowest BCUT2D eigenvalue weighted by molar-refractivity contribution is -0.131. The van der Waals surface area contributed by atoms with Gasteiger partial charge >= 0.3 is 5.97 Å². The van der Waals surface area contributed by atoms with E-state index in [2.05, 4.69) is 0 Å². The molecule has 2 aliphatic heterocycles. The fourth-order valence-corrected chi connectivity index (χ4v) is 5.55. The van der Waals surface area contributed by atoms with Crippen LogP contribution in [0.5, 0.6) is 0 Å². The standard InChI is InChI=1S/C26H23F4NO3/c27-20-9-14(5-6-23(32)33)10-21(28)24(20)25-19-11-15-3-1-2-4-17(15)18(19)12-22(26(29)30)31(25)16-7-8-34-13-16/h1-6,9-10,16,22,25-26H,7-8,11-13H2,(H,32,33)/b6-5+/t16?,22-,25?/m0/s1. The summed E-state index contributed by atoms with van der Waals surface area (Å²) in [4.78, 5) is 12.4. The third-order valence-electron chi connectivity index (χ3n) is 6.95. The Morgan fingerprint density at radius 1 is 1.18 bits per heavy atom. The molecule has 1 N–H and O–H groups in total. The molecule has 178 valence electrons. The second-order valence-electron chi connectivity index (χ2n) is 8.88. The first kappa shape index (κ1) is 22.8. The zero-order valence-electron chi connectivity index (χ0n) is 18.2. The maximum atomic E-state index is 15.5. The van der Waals surface area contributed by atoms with Crippen molar-refractivity contribution in [2.75, 3.05) is 13.2 Å². The van der Waals surface area contributed by atoms with Crippen molar-refractivity contribution in [3.63, 3.8) is 0 Å². The van der Waals surface area contributed by atoms with Crippen LogP contribution in [0.3, 0.4) is 0 Å². The topological polar surface area (TPSA) is 49.8 Å². The summed E-state index contributed by atoms with van der Waals surface area (Å²) in [5, 5.41) is 8.83. The van der Waals surface area contributed by atoms with Gasteiger partial charge in [-0.2, -0.15) is 0 Å². The Labute approximate surface area is 194 Å². The summed E-state index contributed by atoms with van der Waals surface area (Å²) < 4.78 is 65.3. The zero-order chi connectivity index (χ0) is 24.0. The molecule has 0 saturated carbocycles. The fraction of sp³-hybridized carbons (Fsp3) is 0.346. The van der Waals surface area contributed by atoms with E-state index in [0.29, 0.717) is 19.4 Å². The summed E-state index contributed by atoms with van der Waals surface area (Å²) >= 11 is 0. The first-order chi connectivity index (χ1) is 16.3. The number of hydrogen-bond donors (Lipinski definition) is 1. The summed E-state index contributed by atoms with van der Waals surface area (Å²) in [5.41, 5.74) is 3.03. The number of carboxylic acid groups (broad SMARTS) is 1. The summed E-state index contributed by atoms with van der Waals surface area (Å²) in [6.07, 6.45) is 0.194. The number of benzene rings is 2. The highest BCUT2D eigenvalue weighted by molar-refractivity contribution is 5.85. The van der Waals surface area contributed by atoms with Gasteiger partial charge in [0.15, 0.2) is 0 Å². The van der Waals surface area contributed by atoms with Gasteiger partial charge in [0.2, 0.25) is 0 Å². The molecule has 2 aromatic rings.